The smallest absolute Gasteiger partial charge is 0.411 e. The van der Waals surface area contributed by atoms with Crippen LogP contribution in [0.3, 0.4) is 0 Å². The number of amides is 2. The Labute approximate surface area is 186 Å². The van der Waals surface area contributed by atoms with E-state index in [4.69, 9.17) is 4.74 Å². The Bertz CT molecular complexity index is 958. The Morgan fingerprint density at radius 3 is 2.44 bits per heavy atom. The molecular weight excluding hydrogens is 415 g/mol. The SMILES string of the molecule is CC(C)(C)OC(=O)N1C[C@H](O)C[C@H]1C(=O)N[C@@H](CO)c1ccc(-c2ccccc2F)cc1. The van der Waals surface area contributed by atoms with Gasteiger partial charge in [-0.25, -0.2) is 9.18 Å². The summed E-state index contributed by atoms with van der Waals surface area (Å²) in [6.45, 7) is 4.79. The summed E-state index contributed by atoms with van der Waals surface area (Å²) in [5, 5.41) is 22.6. The number of carbonyl (C=O) groups excluding carboxylic acids is 2. The number of ether oxygens (including phenoxy) is 1. The van der Waals surface area contributed by atoms with Crippen LogP contribution in [0.2, 0.25) is 0 Å². The van der Waals surface area contributed by atoms with Gasteiger partial charge >= 0.3 is 6.09 Å². The van der Waals surface area contributed by atoms with Gasteiger partial charge in [-0.15, -0.1) is 0 Å². The summed E-state index contributed by atoms with van der Waals surface area (Å²) in [5.41, 5.74) is 1.02. The van der Waals surface area contributed by atoms with E-state index in [9.17, 15) is 24.2 Å². The molecule has 2 amide bonds. The minimum Gasteiger partial charge on any atom is -0.444 e. The summed E-state index contributed by atoms with van der Waals surface area (Å²) in [4.78, 5) is 26.6. The zero-order valence-electron chi connectivity index (χ0n) is 18.4. The number of rotatable bonds is 5. The molecule has 0 unspecified atom stereocenters. The molecule has 1 aliphatic heterocycles. The molecule has 0 saturated carbocycles. The highest BCUT2D eigenvalue weighted by Gasteiger charge is 2.41. The number of nitrogens with zero attached hydrogens (tertiary/aromatic N) is 1. The minimum atomic E-state index is -0.911. The number of β-amino-alcohol motifs (C(OH)–C–C–N with tert-alkyl or cyclic N) is 1. The second kappa shape index (κ2) is 9.67. The summed E-state index contributed by atoms with van der Waals surface area (Å²) in [6.07, 6.45) is -1.44. The molecule has 2 aromatic carbocycles. The largest absolute Gasteiger partial charge is 0.444 e. The van der Waals surface area contributed by atoms with Gasteiger partial charge < -0.3 is 20.3 Å². The highest BCUT2D eigenvalue weighted by molar-refractivity contribution is 5.86. The maximum atomic E-state index is 14.0. The summed E-state index contributed by atoms with van der Waals surface area (Å²) in [6, 6.07) is 11.6. The van der Waals surface area contributed by atoms with E-state index in [1.807, 2.05) is 0 Å². The molecule has 172 valence electrons. The summed E-state index contributed by atoms with van der Waals surface area (Å²) >= 11 is 0. The third-order valence-corrected chi connectivity index (χ3v) is 5.21. The molecule has 0 spiro atoms. The minimum absolute atomic E-state index is 0.00583. The Hall–Kier alpha value is -2.97. The molecule has 3 N–H and O–H groups in total. The first-order valence-corrected chi connectivity index (χ1v) is 10.5. The van der Waals surface area contributed by atoms with Crippen LogP contribution in [0.5, 0.6) is 0 Å². The van der Waals surface area contributed by atoms with Crippen molar-refractivity contribution in [1.29, 1.82) is 0 Å². The van der Waals surface area contributed by atoms with Crippen molar-refractivity contribution in [2.45, 2.75) is 51.0 Å². The van der Waals surface area contributed by atoms with Crippen molar-refractivity contribution >= 4 is 12.0 Å². The monoisotopic (exact) mass is 444 g/mol. The lowest BCUT2D eigenvalue weighted by molar-refractivity contribution is -0.126. The summed E-state index contributed by atoms with van der Waals surface area (Å²) in [7, 11) is 0. The lowest BCUT2D eigenvalue weighted by atomic mass is 10.0. The van der Waals surface area contributed by atoms with Crippen LogP contribution >= 0.6 is 0 Å². The number of halogens is 1. The quantitative estimate of drug-likeness (QED) is 0.659. The number of hydrogen-bond donors (Lipinski definition) is 3. The average Bonchev–Trinajstić information content (AvgIpc) is 3.13. The second-order valence-electron chi connectivity index (χ2n) is 8.88. The molecule has 0 aliphatic carbocycles. The van der Waals surface area contributed by atoms with Crippen molar-refractivity contribution in [1.82, 2.24) is 10.2 Å². The molecule has 32 heavy (non-hydrogen) atoms. The highest BCUT2D eigenvalue weighted by atomic mass is 19.1. The van der Waals surface area contributed by atoms with Gasteiger partial charge in [0, 0.05) is 12.0 Å². The number of carbonyl (C=O) groups is 2. The van der Waals surface area contributed by atoms with E-state index in [0.29, 0.717) is 16.7 Å². The van der Waals surface area contributed by atoms with E-state index in [2.05, 4.69) is 5.32 Å². The van der Waals surface area contributed by atoms with Gasteiger partial charge in [-0.1, -0.05) is 42.5 Å². The van der Waals surface area contributed by atoms with Crippen molar-refractivity contribution in [2.75, 3.05) is 13.2 Å². The molecule has 2 aromatic rings. The first-order valence-electron chi connectivity index (χ1n) is 10.5. The van der Waals surface area contributed by atoms with E-state index in [-0.39, 0.29) is 25.4 Å². The van der Waals surface area contributed by atoms with Gasteiger partial charge in [0.1, 0.15) is 17.5 Å². The van der Waals surface area contributed by atoms with Gasteiger partial charge in [0.25, 0.3) is 0 Å². The fourth-order valence-electron chi connectivity index (χ4n) is 3.68. The van der Waals surface area contributed by atoms with Crippen LogP contribution < -0.4 is 5.32 Å². The summed E-state index contributed by atoms with van der Waals surface area (Å²) in [5.74, 6) is -0.834. The average molecular weight is 445 g/mol. The molecule has 1 heterocycles. The fraction of sp³-hybridized carbons (Fsp3) is 0.417. The molecule has 1 saturated heterocycles. The number of aliphatic hydroxyl groups is 2. The van der Waals surface area contributed by atoms with Gasteiger partial charge in [0.15, 0.2) is 0 Å². The van der Waals surface area contributed by atoms with Gasteiger partial charge in [0.2, 0.25) is 5.91 Å². The topological polar surface area (TPSA) is 99.1 Å². The van der Waals surface area contributed by atoms with Crippen LogP contribution in [0.4, 0.5) is 9.18 Å². The lowest BCUT2D eigenvalue weighted by Gasteiger charge is -2.28. The maximum Gasteiger partial charge on any atom is 0.411 e. The van der Waals surface area contributed by atoms with Crippen molar-refractivity contribution in [3.63, 3.8) is 0 Å². The van der Waals surface area contributed by atoms with E-state index < -0.39 is 35.8 Å². The van der Waals surface area contributed by atoms with Gasteiger partial charge in [-0.2, -0.15) is 0 Å². The fourth-order valence-corrected chi connectivity index (χ4v) is 3.68. The Balaban J connectivity index is 1.72. The first-order chi connectivity index (χ1) is 15.1. The van der Waals surface area contributed by atoms with Crippen molar-refractivity contribution in [3.8, 4) is 11.1 Å². The molecule has 7 nitrogen and oxygen atoms in total. The lowest BCUT2D eigenvalue weighted by Crippen LogP contribution is -2.48. The Morgan fingerprint density at radius 1 is 1.19 bits per heavy atom. The molecule has 0 bridgehead atoms. The van der Waals surface area contributed by atoms with E-state index in [0.717, 1.165) is 0 Å². The van der Waals surface area contributed by atoms with Crippen LogP contribution in [0.25, 0.3) is 11.1 Å². The number of likely N-dealkylation sites (tertiary alicyclic amines) is 1. The third kappa shape index (κ3) is 5.63. The second-order valence-corrected chi connectivity index (χ2v) is 8.88. The van der Waals surface area contributed by atoms with Crippen molar-refractivity contribution < 1.29 is 28.9 Å². The summed E-state index contributed by atoms with van der Waals surface area (Å²) < 4.78 is 19.4. The zero-order chi connectivity index (χ0) is 23.5. The normalized spacial score (nSPS) is 19.5. The van der Waals surface area contributed by atoms with Crippen LogP contribution in [0.15, 0.2) is 48.5 Å². The van der Waals surface area contributed by atoms with Crippen LogP contribution in [-0.2, 0) is 9.53 Å². The van der Waals surface area contributed by atoms with E-state index in [1.54, 1.807) is 63.2 Å². The number of nitrogens with one attached hydrogen (secondary N) is 1. The van der Waals surface area contributed by atoms with Gasteiger partial charge in [0.05, 0.1) is 25.3 Å². The van der Waals surface area contributed by atoms with Crippen LogP contribution in [-0.4, -0.2) is 58.0 Å². The van der Waals surface area contributed by atoms with Crippen molar-refractivity contribution in [3.05, 3.63) is 59.9 Å². The van der Waals surface area contributed by atoms with E-state index >= 15 is 0 Å². The van der Waals surface area contributed by atoms with Crippen LogP contribution in [0.1, 0.15) is 38.8 Å². The Kier molecular flexibility index (Phi) is 7.16. The molecular formula is C24H29FN2O5. The van der Waals surface area contributed by atoms with Crippen molar-refractivity contribution in [2.24, 2.45) is 0 Å². The molecule has 3 rings (SSSR count). The predicted octanol–water partition coefficient (Wildman–Crippen LogP) is 3.01. The molecule has 1 fully saturated rings. The molecule has 0 aromatic heterocycles. The van der Waals surface area contributed by atoms with Gasteiger partial charge in [-0.05, 0) is 38.0 Å². The number of hydrogen-bond acceptors (Lipinski definition) is 5. The van der Waals surface area contributed by atoms with Gasteiger partial charge in [-0.3, -0.25) is 9.69 Å². The zero-order valence-corrected chi connectivity index (χ0v) is 18.4. The Morgan fingerprint density at radius 2 is 1.84 bits per heavy atom. The highest BCUT2D eigenvalue weighted by Crippen LogP contribution is 2.26. The standard InChI is InChI=1S/C24H29FN2O5/c1-24(2,3)32-23(31)27-13-17(29)12-21(27)22(30)26-20(14-28)16-10-8-15(9-11-16)18-6-4-5-7-19(18)25/h4-11,17,20-21,28-29H,12-14H2,1-3H3,(H,26,30)/t17-,20+,21+/m1/s1. The van der Waals surface area contributed by atoms with E-state index in [1.165, 1.54) is 11.0 Å². The first kappa shape index (κ1) is 23.7. The molecule has 0 radical (unpaired) electrons. The molecule has 1 aliphatic rings. The predicted molar refractivity (Wildman–Crippen MR) is 117 cm³/mol. The maximum absolute atomic E-state index is 14.0. The molecule has 8 heteroatoms. The van der Waals surface area contributed by atoms with Crippen LogP contribution in [0, 0.1) is 5.82 Å². The number of aliphatic hydroxyl groups excluding tert-OH is 2. The third-order valence-electron chi connectivity index (χ3n) is 5.21. The number of benzene rings is 2. The molecule has 3 atom stereocenters.